The number of sulfonamides is 1. The van der Waals surface area contributed by atoms with Crippen LogP contribution in [0.25, 0.3) is 0 Å². The molecule has 0 saturated carbocycles. The molecule has 4 atom stereocenters. The largest absolute Gasteiger partial charge is 0.354 e. The fourth-order valence-electron chi connectivity index (χ4n) is 5.60. The van der Waals surface area contributed by atoms with Crippen molar-refractivity contribution in [3.63, 3.8) is 0 Å². The number of rotatable bonds is 7. The van der Waals surface area contributed by atoms with Gasteiger partial charge in [0, 0.05) is 63.1 Å². The van der Waals surface area contributed by atoms with Crippen molar-refractivity contribution in [3.8, 4) is 0 Å². The molecule has 1 N–H and O–H groups in total. The van der Waals surface area contributed by atoms with Crippen molar-refractivity contribution in [2.45, 2.75) is 23.8 Å². The Morgan fingerprint density at radius 1 is 1.03 bits per heavy atom. The summed E-state index contributed by atoms with van der Waals surface area (Å²) < 4.78 is 28.2. The van der Waals surface area contributed by atoms with Gasteiger partial charge < -0.3 is 4.90 Å². The summed E-state index contributed by atoms with van der Waals surface area (Å²) in [6.07, 6.45) is 4.15. The smallest absolute Gasteiger partial charge is 0.240 e. The molecule has 1 aromatic carbocycles. The van der Waals surface area contributed by atoms with Gasteiger partial charge in [0.25, 0.3) is 0 Å². The number of hydrogen-bond donors (Lipinski definition) is 1. The van der Waals surface area contributed by atoms with E-state index in [1.54, 1.807) is 24.3 Å². The van der Waals surface area contributed by atoms with Gasteiger partial charge in [-0.05, 0) is 67.6 Å². The highest BCUT2D eigenvalue weighted by Crippen LogP contribution is 2.36. The normalized spacial score (nSPS) is 28.2. The first-order valence-corrected chi connectivity index (χ1v) is 13.7. The first-order valence-electron chi connectivity index (χ1n) is 11.9. The molecule has 4 aliphatic rings. The summed E-state index contributed by atoms with van der Waals surface area (Å²) in [4.78, 5) is 12.2. The van der Waals surface area contributed by atoms with Crippen molar-refractivity contribution in [3.05, 3.63) is 53.7 Å². The van der Waals surface area contributed by atoms with Gasteiger partial charge >= 0.3 is 0 Å². The first-order chi connectivity index (χ1) is 16.0. The van der Waals surface area contributed by atoms with Crippen LogP contribution in [-0.4, -0.2) is 81.6 Å². The summed E-state index contributed by atoms with van der Waals surface area (Å²) in [7, 11) is -3.51. The number of halogens is 1. The molecule has 33 heavy (non-hydrogen) atoms. The van der Waals surface area contributed by atoms with Crippen molar-refractivity contribution in [2.24, 2.45) is 11.8 Å². The van der Waals surface area contributed by atoms with Crippen LogP contribution >= 0.6 is 11.6 Å². The molecule has 6 rings (SSSR count). The van der Waals surface area contributed by atoms with E-state index in [2.05, 4.69) is 30.5 Å². The quantitative estimate of drug-likeness (QED) is 0.644. The van der Waals surface area contributed by atoms with E-state index in [0.717, 1.165) is 58.1 Å². The number of anilines is 1. The summed E-state index contributed by atoms with van der Waals surface area (Å²) in [6, 6.07) is 12.7. The number of piperazine rings is 1. The Morgan fingerprint density at radius 3 is 2.48 bits per heavy atom. The number of nitrogens with one attached hydrogen (secondary N) is 1. The summed E-state index contributed by atoms with van der Waals surface area (Å²) >= 11 is 5.89. The Hall–Kier alpha value is -1.71. The zero-order valence-electron chi connectivity index (χ0n) is 18.8. The van der Waals surface area contributed by atoms with Gasteiger partial charge in [-0.15, -0.1) is 0 Å². The lowest BCUT2D eigenvalue weighted by atomic mass is 9.75. The number of piperidine rings is 3. The molecule has 2 aromatic rings. The number of nitrogens with zero attached hydrogens (tertiary/aromatic N) is 4. The van der Waals surface area contributed by atoms with Crippen LogP contribution in [0.5, 0.6) is 0 Å². The van der Waals surface area contributed by atoms with Crippen LogP contribution in [0.2, 0.25) is 5.02 Å². The molecule has 7 nitrogen and oxygen atoms in total. The van der Waals surface area contributed by atoms with Crippen LogP contribution in [-0.2, 0) is 10.0 Å². The second kappa shape index (κ2) is 9.88. The number of pyridine rings is 1. The summed E-state index contributed by atoms with van der Waals surface area (Å²) in [5.74, 6) is 2.42. The molecule has 5 heterocycles. The van der Waals surface area contributed by atoms with E-state index in [0.29, 0.717) is 23.4 Å². The Labute approximate surface area is 201 Å². The highest BCUT2D eigenvalue weighted by molar-refractivity contribution is 7.89. The van der Waals surface area contributed by atoms with Gasteiger partial charge in [-0.2, -0.15) is 0 Å². The van der Waals surface area contributed by atoms with Crippen molar-refractivity contribution >= 4 is 27.4 Å². The highest BCUT2D eigenvalue weighted by Gasteiger charge is 2.41. The third-order valence-electron chi connectivity index (χ3n) is 7.49. The van der Waals surface area contributed by atoms with Crippen molar-refractivity contribution in [2.75, 3.05) is 57.3 Å². The second-order valence-electron chi connectivity index (χ2n) is 9.47. The molecule has 178 valence electrons. The average molecular weight is 490 g/mol. The van der Waals surface area contributed by atoms with Gasteiger partial charge in [0.05, 0.1) is 4.90 Å². The maximum absolute atomic E-state index is 12.7. The molecule has 1 aromatic heterocycles. The topological polar surface area (TPSA) is 68.8 Å². The van der Waals surface area contributed by atoms with Crippen LogP contribution < -0.4 is 9.62 Å². The molecule has 4 aliphatic heterocycles. The maximum atomic E-state index is 12.7. The van der Waals surface area contributed by atoms with Gasteiger partial charge in [-0.25, -0.2) is 18.1 Å². The van der Waals surface area contributed by atoms with Gasteiger partial charge in [-0.1, -0.05) is 17.7 Å². The zero-order chi connectivity index (χ0) is 22.8. The SMILES string of the molecule is O=S(=O)(NCC1CC2CCN1CC2CN1CCN(c2ccccn2)CC1)c1ccc(Cl)cc1. The molecule has 4 fully saturated rings. The molecule has 4 saturated heterocycles. The van der Waals surface area contributed by atoms with Gasteiger partial charge in [0.15, 0.2) is 0 Å². The van der Waals surface area contributed by atoms with Gasteiger partial charge in [0.2, 0.25) is 10.0 Å². The second-order valence-corrected chi connectivity index (χ2v) is 11.7. The van der Waals surface area contributed by atoms with E-state index in [1.165, 1.54) is 6.42 Å². The van der Waals surface area contributed by atoms with E-state index in [9.17, 15) is 8.42 Å². The van der Waals surface area contributed by atoms with Crippen LogP contribution in [0.3, 0.4) is 0 Å². The van der Waals surface area contributed by atoms with E-state index in [1.807, 2.05) is 18.3 Å². The predicted molar refractivity (Wildman–Crippen MR) is 131 cm³/mol. The minimum Gasteiger partial charge on any atom is -0.354 e. The maximum Gasteiger partial charge on any atom is 0.240 e. The minimum absolute atomic E-state index is 0.269. The molecular formula is C24H32ClN5O2S. The minimum atomic E-state index is -3.51. The first kappa shape index (κ1) is 23.1. The molecule has 0 aliphatic carbocycles. The highest BCUT2D eigenvalue weighted by atomic mass is 35.5. The third-order valence-corrected chi connectivity index (χ3v) is 9.18. The van der Waals surface area contributed by atoms with Gasteiger partial charge in [0.1, 0.15) is 5.82 Å². The lowest BCUT2D eigenvalue weighted by molar-refractivity contribution is -0.0108. The van der Waals surface area contributed by atoms with Crippen molar-refractivity contribution in [1.29, 1.82) is 0 Å². The van der Waals surface area contributed by atoms with Crippen LogP contribution in [0.4, 0.5) is 5.82 Å². The van der Waals surface area contributed by atoms with Crippen LogP contribution in [0, 0.1) is 11.8 Å². The van der Waals surface area contributed by atoms with E-state index in [-0.39, 0.29) is 10.9 Å². The van der Waals surface area contributed by atoms with Crippen molar-refractivity contribution in [1.82, 2.24) is 19.5 Å². The molecule has 4 unspecified atom stereocenters. The standard InChI is InChI=1S/C24H32ClN5O2S/c25-21-4-6-23(7-5-21)33(31,32)27-16-22-15-19-8-10-30(22)18-20(19)17-28-11-13-29(14-12-28)24-3-1-2-9-26-24/h1-7,9,19-20,22,27H,8,10-18H2. The fraction of sp³-hybridized carbons (Fsp3) is 0.542. The van der Waals surface area contributed by atoms with Crippen LogP contribution in [0.15, 0.2) is 53.6 Å². The average Bonchev–Trinajstić information content (AvgIpc) is 2.85. The lowest BCUT2D eigenvalue weighted by Crippen LogP contribution is -2.59. The lowest BCUT2D eigenvalue weighted by Gasteiger charge is -2.51. The molecule has 0 amide bonds. The van der Waals surface area contributed by atoms with Crippen LogP contribution in [0.1, 0.15) is 12.8 Å². The van der Waals surface area contributed by atoms with E-state index >= 15 is 0 Å². The number of aromatic nitrogens is 1. The zero-order valence-corrected chi connectivity index (χ0v) is 20.4. The Bertz CT molecular complexity index is 1030. The van der Waals surface area contributed by atoms with Gasteiger partial charge in [-0.3, -0.25) is 9.80 Å². The van der Waals surface area contributed by atoms with E-state index < -0.39 is 10.0 Å². The molecule has 9 heteroatoms. The molecule has 0 spiro atoms. The number of benzene rings is 1. The Morgan fingerprint density at radius 2 is 1.82 bits per heavy atom. The van der Waals surface area contributed by atoms with Crippen molar-refractivity contribution < 1.29 is 8.42 Å². The molecule has 2 bridgehead atoms. The summed E-state index contributed by atoms with van der Waals surface area (Å²) in [5, 5.41) is 0.536. The number of fused-ring (bicyclic) bond motifs is 3. The number of hydrogen-bond acceptors (Lipinski definition) is 6. The molecule has 0 radical (unpaired) electrons. The molecular weight excluding hydrogens is 458 g/mol. The predicted octanol–water partition coefficient (Wildman–Crippen LogP) is 2.55. The Kier molecular flexibility index (Phi) is 6.90. The summed E-state index contributed by atoms with van der Waals surface area (Å²) in [5.41, 5.74) is 0. The third kappa shape index (κ3) is 5.35. The summed E-state index contributed by atoms with van der Waals surface area (Å²) in [6.45, 7) is 7.94. The fourth-order valence-corrected chi connectivity index (χ4v) is 6.80. The van der Waals surface area contributed by atoms with E-state index in [4.69, 9.17) is 11.6 Å². The monoisotopic (exact) mass is 489 g/mol. The Balaban J connectivity index is 1.11.